The number of nitriles is 1. The van der Waals surface area contributed by atoms with Crippen LogP contribution in [0.4, 0.5) is 0 Å². The Morgan fingerprint density at radius 1 is 1.67 bits per heavy atom. The number of nitrogens with zero attached hydrogens (tertiary/aromatic N) is 1. The Morgan fingerprint density at radius 2 is 2.33 bits per heavy atom. The first-order valence-corrected chi connectivity index (χ1v) is 5.20. The van der Waals surface area contributed by atoms with Crippen molar-refractivity contribution in [2.45, 2.75) is 25.6 Å². The molecule has 0 aromatic carbocycles. The van der Waals surface area contributed by atoms with E-state index in [1.807, 2.05) is 0 Å². The Labute approximate surface area is 91.4 Å². The summed E-state index contributed by atoms with van der Waals surface area (Å²) >= 11 is 1.13. The van der Waals surface area contributed by atoms with Crippen LogP contribution in [0.3, 0.4) is 0 Å². The Hall–Kier alpha value is -1.22. The minimum absolute atomic E-state index is 0.130. The van der Waals surface area contributed by atoms with Crippen LogP contribution in [-0.2, 0) is 0 Å². The maximum Gasteiger partial charge on any atom is 0.160 e. The number of hydrogen-bond donors (Lipinski definition) is 2. The zero-order valence-electron chi connectivity index (χ0n) is 8.17. The fraction of sp³-hybridized carbons (Fsp3) is 0.400. The molecule has 1 aromatic heterocycles. The molecular weight excluding hydrogens is 214 g/mol. The lowest BCUT2D eigenvalue weighted by atomic mass is 10.1. The molecule has 0 fully saturated rings. The largest absolute Gasteiger partial charge is 0.389 e. The monoisotopic (exact) mass is 225 g/mol. The average molecular weight is 225 g/mol. The van der Waals surface area contributed by atoms with Gasteiger partial charge in [-0.1, -0.05) is 0 Å². The van der Waals surface area contributed by atoms with Crippen molar-refractivity contribution in [3.8, 4) is 6.07 Å². The lowest BCUT2D eigenvalue weighted by Gasteiger charge is -2.14. The molecule has 1 aromatic rings. The highest BCUT2D eigenvalue weighted by Gasteiger charge is 2.22. The molecule has 0 saturated carbocycles. The van der Waals surface area contributed by atoms with Gasteiger partial charge in [0, 0.05) is 4.88 Å². The number of rotatable bonds is 4. The number of carbonyl (C=O) groups excluding carboxylic acids is 1. The normalized spacial score (nSPS) is 14.3. The fourth-order valence-electron chi connectivity index (χ4n) is 1.25. The SMILES string of the molecule is Cc1cc(C=O)sc1C(O)C(O)CC#N. The molecule has 0 bridgehead atoms. The van der Waals surface area contributed by atoms with E-state index >= 15 is 0 Å². The number of aliphatic hydroxyl groups excluding tert-OH is 2. The van der Waals surface area contributed by atoms with Crippen molar-refractivity contribution in [1.82, 2.24) is 0 Å². The van der Waals surface area contributed by atoms with Crippen LogP contribution in [0.25, 0.3) is 0 Å². The first kappa shape index (κ1) is 11.9. The van der Waals surface area contributed by atoms with Crippen molar-refractivity contribution in [3.05, 3.63) is 21.4 Å². The summed E-state index contributed by atoms with van der Waals surface area (Å²) in [6.45, 7) is 1.75. The highest BCUT2D eigenvalue weighted by atomic mass is 32.1. The van der Waals surface area contributed by atoms with E-state index in [1.165, 1.54) is 0 Å². The number of aliphatic hydroxyl groups is 2. The molecule has 2 unspecified atom stereocenters. The smallest absolute Gasteiger partial charge is 0.160 e. The van der Waals surface area contributed by atoms with Crippen LogP contribution in [0.2, 0.25) is 0 Å². The molecule has 2 N–H and O–H groups in total. The predicted octanol–water partition coefficient (Wildman–Crippen LogP) is 1.18. The van der Waals surface area contributed by atoms with Crippen molar-refractivity contribution in [3.63, 3.8) is 0 Å². The number of thiophene rings is 1. The minimum Gasteiger partial charge on any atom is -0.389 e. The van der Waals surface area contributed by atoms with Gasteiger partial charge in [0.1, 0.15) is 6.10 Å². The summed E-state index contributed by atoms with van der Waals surface area (Å²) in [7, 11) is 0. The second-order valence-electron chi connectivity index (χ2n) is 3.19. The zero-order valence-corrected chi connectivity index (χ0v) is 8.99. The topological polar surface area (TPSA) is 81.3 Å². The van der Waals surface area contributed by atoms with Crippen molar-refractivity contribution in [1.29, 1.82) is 5.26 Å². The highest BCUT2D eigenvalue weighted by molar-refractivity contribution is 7.13. The van der Waals surface area contributed by atoms with Gasteiger partial charge >= 0.3 is 0 Å². The standard InChI is InChI=1S/C10H11NO3S/c1-6-4-7(5-12)15-10(6)9(14)8(13)2-3-11/h4-5,8-9,13-14H,2H2,1H3. The zero-order chi connectivity index (χ0) is 11.4. The summed E-state index contributed by atoms with van der Waals surface area (Å²) in [4.78, 5) is 11.6. The van der Waals surface area contributed by atoms with Crippen LogP contribution < -0.4 is 0 Å². The van der Waals surface area contributed by atoms with Gasteiger partial charge in [0.05, 0.1) is 23.5 Å². The van der Waals surface area contributed by atoms with Crippen LogP contribution in [0.1, 0.15) is 32.6 Å². The van der Waals surface area contributed by atoms with Gasteiger partial charge in [0.15, 0.2) is 6.29 Å². The molecule has 80 valence electrons. The molecule has 0 aliphatic carbocycles. The maximum atomic E-state index is 10.5. The number of aryl methyl sites for hydroxylation is 1. The Morgan fingerprint density at radius 3 is 2.80 bits per heavy atom. The van der Waals surface area contributed by atoms with Crippen molar-refractivity contribution in [2.24, 2.45) is 0 Å². The molecular formula is C10H11NO3S. The quantitative estimate of drug-likeness (QED) is 0.754. The molecule has 0 radical (unpaired) electrons. The van der Waals surface area contributed by atoms with E-state index in [2.05, 4.69) is 0 Å². The molecule has 4 nitrogen and oxygen atoms in total. The molecule has 0 saturated heterocycles. The lowest BCUT2D eigenvalue weighted by molar-refractivity contribution is 0.0235. The van der Waals surface area contributed by atoms with Crippen LogP contribution in [0.5, 0.6) is 0 Å². The molecule has 2 atom stereocenters. The third-order valence-electron chi connectivity index (χ3n) is 2.02. The minimum atomic E-state index is -1.10. The third-order valence-corrected chi connectivity index (χ3v) is 3.26. The van der Waals surface area contributed by atoms with Crippen LogP contribution in [0, 0.1) is 18.3 Å². The summed E-state index contributed by atoms with van der Waals surface area (Å²) in [5, 5.41) is 27.5. The Bertz CT molecular complexity index is 394. The average Bonchev–Trinajstić information content (AvgIpc) is 2.59. The van der Waals surface area contributed by atoms with Crippen LogP contribution in [0.15, 0.2) is 6.07 Å². The Kier molecular flexibility index (Phi) is 3.97. The van der Waals surface area contributed by atoms with E-state index in [9.17, 15) is 15.0 Å². The van der Waals surface area contributed by atoms with Crippen molar-refractivity contribution in [2.75, 3.05) is 0 Å². The fourth-order valence-corrected chi connectivity index (χ4v) is 2.29. The first-order valence-electron chi connectivity index (χ1n) is 4.38. The van der Waals surface area contributed by atoms with Gasteiger partial charge in [-0.15, -0.1) is 11.3 Å². The second-order valence-corrected chi connectivity index (χ2v) is 4.30. The van der Waals surface area contributed by atoms with Crippen LogP contribution >= 0.6 is 11.3 Å². The molecule has 0 spiro atoms. The molecule has 1 rings (SSSR count). The second kappa shape index (κ2) is 5.03. The summed E-state index contributed by atoms with van der Waals surface area (Å²) in [5.41, 5.74) is 0.756. The van der Waals surface area contributed by atoms with E-state index in [-0.39, 0.29) is 6.42 Å². The third kappa shape index (κ3) is 2.63. The number of hydrogen-bond acceptors (Lipinski definition) is 5. The first-order chi connectivity index (χ1) is 7.10. The van der Waals surface area contributed by atoms with E-state index in [1.54, 1.807) is 19.1 Å². The van der Waals surface area contributed by atoms with Gasteiger partial charge in [-0.25, -0.2) is 0 Å². The maximum absolute atomic E-state index is 10.5. The number of aldehydes is 1. The summed E-state index contributed by atoms with van der Waals surface area (Å²) in [5.74, 6) is 0. The highest BCUT2D eigenvalue weighted by Crippen LogP contribution is 2.29. The van der Waals surface area contributed by atoms with Crippen molar-refractivity contribution >= 4 is 17.6 Å². The summed E-state index contributed by atoms with van der Waals surface area (Å²) in [6.07, 6.45) is -1.63. The van der Waals surface area contributed by atoms with Gasteiger partial charge in [0.25, 0.3) is 0 Å². The molecule has 0 aliphatic rings. The molecule has 5 heteroatoms. The lowest BCUT2D eigenvalue weighted by Crippen LogP contribution is -2.17. The van der Waals surface area contributed by atoms with Crippen LogP contribution in [-0.4, -0.2) is 22.6 Å². The van der Waals surface area contributed by atoms with Gasteiger partial charge in [-0.3, -0.25) is 4.79 Å². The van der Waals surface area contributed by atoms with E-state index < -0.39 is 12.2 Å². The summed E-state index contributed by atoms with van der Waals surface area (Å²) in [6, 6.07) is 3.43. The van der Waals surface area contributed by atoms with Gasteiger partial charge in [0.2, 0.25) is 0 Å². The molecule has 1 heterocycles. The van der Waals surface area contributed by atoms with Gasteiger partial charge in [-0.2, -0.15) is 5.26 Å². The summed E-state index contributed by atoms with van der Waals surface area (Å²) < 4.78 is 0. The van der Waals surface area contributed by atoms with Gasteiger partial charge in [-0.05, 0) is 18.6 Å². The van der Waals surface area contributed by atoms with Gasteiger partial charge < -0.3 is 10.2 Å². The van der Waals surface area contributed by atoms with E-state index in [0.29, 0.717) is 16.0 Å². The number of carbonyl (C=O) groups is 1. The molecule has 0 amide bonds. The molecule has 15 heavy (non-hydrogen) atoms. The Balaban J connectivity index is 2.90. The van der Waals surface area contributed by atoms with E-state index in [4.69, 9.17) is 5.26 Å². The van der Waals surface area contributed by atoms with Crippen molar-refractivity contribution < 1.29 is 15.0 Å². The predicted molar refractivity (Wildman–Crippen MR) is 55.6 cm³/mol. The van der Waals surface area contributed by atoms with E-state index in [0.717, 1.165) is 16.9 Å². The molecule has 0 aliphatic heterocycles.